The van der Waals surface area contributed by atoms with E-state index in [1.54, 1.807) is 0 Å². The Hall–Kier alpha value is -4.45. The second kappa shape index (κ2) is 49.2. The Bertz CT molecular complexity index is 1400. The zero-order chi connectivity index (χ0) is 45.1. The number of unbranched alkanes of at least 4 members (excludes halogenated alkanes) is 15. The topological polar surface area (TPSA) is 78.9 Å². The van der Waals surface area contributed by atoms with Gasteiger partial charge in [0, 0.05) is 19.3 Å². The Balaban J connectivity index is 4.56. The number of carbonyl (C=O) groups excluding carboxylic acids is 3. The van der Waals surface area contributed by atoms with Crippen molar-refractivity contribution < 1.29 is 28.6 Å². The minimum absolute atomic E-state index is 0.111. The molecule has 0 N–H and O–H groups in total. The van der Waals surface area contributed by atoms with Gasteiger partial charge in [-0.25, -0.2) is 0 Å². The molecule has 0 aliphatic carbocycles. The van der Waals surface area contributed by atoms with Crippen molar-refractivity contribution in [2.24, 2.45) is 0 Å². The Kier molecular flexibility index (Phi) is 45.7. The first-order valence-electron chi connectivity index (χ1n) is 24.3. The summed E-state index contributed by atoms with van der Waals surface area (Å²) < 4.78 is 16.7. The van der Waals surface area contributed by atoms with Crippen molar-refractivity contribution >= 4 is 17.9 Å². The van der Waals surface area contributed by atoms with Crippen LogP contribution >= 0.6 is 0 Å². The predicted octanol–water partition coefficient (Wildman–Crippen LogP) is 15.9. The minimum Gasteiger partial charge on any atom is -0.462 e. The molecule has 0 aromatic rings. The molecule has 6 heteroatoms. The van der Waals surface area contributed by atoms with Crippen LogP contribution < -0.4 is 0 Å². The highest BCUT2D eigenvalue weighted by atomic mass is 16.6. The van der Waals surface area contributed by atoms with Gasteiger partial charge in [-0.2, -0.15) is 0 Å². The molecule has 1 unspecified atom stereocenters. The Morgan fingerprint density at radius 3 is 1.10 bits per heavy atom. The number of carbonyl (C=O) groups is 3. The lowest BCUT2D eigenvalue weighted by atomic mass is 10.1. The summed E-state index contributed by atoms with van der Waals surface area (Å²) in [5, 5.41) is 0. The van der Waals surface area contributed by atoms with E-state index >= 15 is 0 Å². The van der Waals surface area contributed by atoms with Crippen LogP contribution in [-0.4, -0.2) is 37.2 Å². The summed E-state index contributed by atoms with van der Waals surface area (Å²) in [4.78, 5) is 37.9. The largest absolute Gasteiger partial charge is 0.462 e. The SMILES string of the molecule is CC\C=C/C=C\C=C/C=C\C=C/CCCCCC(=O)OCC(COC(=O)CCCCCCCCC/C=C\C/C=C\CC)OC(=O)CCCCCCC\C=C/C=C\C=C/C=C\CC. The van der Waals surface area contributed by atoms with Gasteiger partial charge in [0.1, 0.15) is 13.2 Å². The van der Waals surface area contributed by atoms with E-state index in [0.29, 0.717) is 12.8 Å². The predicted molar refractivity (Wildman–Crippen MR) is 265 cm³/mol. The Labute approximate surface area is 379 Å². The monoisotopic (exact) mass is 855 g/mol. The molecule has 0 spiro atoms. The van der Waals surface area contributed by atoms with Crippen molar-refractivity contribution in [3.05, 3.63) is 134 Å². The van der Waals surface area contributed by atoms with Crippen molar-refractivity contribution in [2.75, 3.05) is 13.2 Å². The van der Waals surface area contributed by atoms with E-state index in [9.17, 15) is 14.4 Å². The maximum atomic E-state index is 12.8. The molecule has 0 rings (SSSR count). The average Bonchev–Trinajstić information content (AvgIpc) is 3.27. The zero-order valence-corrected chi connectivity index (χ0v) is 39.3. The van der Waals surface area contributed by atoms with Crippen LogP contribution in [0.3, 0.4) is 0 Å². The van der Waals surface area contributed by atoms with Crippen molar-refractivity contribution in [1.29, 1.82) is 0 Å². The van der Waals surface area contributed by atoms with E-state index in [2.05, 4.69) is 81.5 Å². The minimum atomic E-state index is -0.816. The summed E-state index contributed by atoms with van der Waals surface area (Å²) in [6.45, 7) is 6.16. The maximum absolute atomic E-state index is 12.8. The summed E-state index contributed by atoms with van der Waals surface area (Å²) in [6.07, 6.45) is 68.6. The van der Waals surface area contributed by atoms with E-state index in [1.807, 2.05) is 72.9 Å². The molecule has 1 atom stereocenters. The molecule has 0 amide bonds. The molecule has 6 nitrogen and oxygen atoms in total. The first kappa shape index (κ1) is 57.5. The number of hydrogen-bond acceptors (Lipinski definition) is 6. The molecule has 0 aromatic carbocycles. The van der Waals surface area contributed by atoms with Crippen molar-refractivity contribution in [1.82, 2.24) is 0 Å². The second-order valence-electron chi connectivity index (χ2n) is 15.4. The van der Waals surface area contributed by atoms with Gasteiger partial charge in [-0.15, -0.1) is 0 Å². The van der Waals surface area contributed by atoms with Crippen LogP contribution in [0.1, 0.15) is 181 Å². The number of allylic oxidation sites excluding steroid dienone is 22. The lowest BCUT2D eigenvalue weighted by Gasteiger charge is -2.18. The third-order valence-electron chi connectivity index (χ3n) is 9.60. The van der Waals surface area contributed by atoms with Crippen molar-refractivity contribution in [3.8, 4) is 0 Å². The van der Waals surface area contributed by atoms with Gasteiger partial charge >= 0.3 is 17.9 Å². The normalized spacial score (nSPS) is 13.3. The fourth-order valence-corrected chi connectivity index (χ4v) is 6.04. The van der Waals surface area contributed by atoms with Crippen molar-refractivity contribution in [3.63, 3.8) is 0 Å². The fraction of sp³-hybridized carbons (Fsp3) is 0.554. The highest BCUT2D eigenvalue weighted by Crippen LogP contribution is 2.13. The lowest BCUT2D eigenvalue weighted by molar-refractivity contribution is -0.167. The summed E-state index contributed by atoms with van der Waals surface area (Å²) in [5.41, 5.74) is 0. The quantitative estimate of drug-likeness (QED) is 0.0200. The summed E-state index contributed by atoms with van der Waals surface area (Å²) >= 11 is 0. The summed E-state index contributed by atoms with van der Waals surface area (Å²) in [5.74, 6) is -0.999. The molecule has 0 heterocycles. The van der Waals surface area contributed by atoms with Crippen LogP contribution in [0.5, 0.6) is 0 Å². The van der Waals surface area contributed by atoms with E-state index in [-0.39, 0.29) is 37.5 Å². The molecule has 0 aromatic heterocycles. The Morgan fingerprint density at radius 2 is 0.661 bits per heavy atom. The van der Waals surface area contributed by atoms with Crippen LogP contribution in [0.2, 0.25) is 0 Å². The number of esters is 3. The number of rotatable bonds is 41. The van der Waals surface area contributed by atoms with Gasteiger partial charge in [0.15, 0.2) is 6.10 Å². The summed E-state index contributed by atoms with van der Waals surface area (Å²) in [7, 11) is 0. The summed E-state index contributed by atoms with van der Waals surface area (Å²) in [6, 6.07) is 0. The van der Waals surface area contributed by atoms with E-state index in [0.717, 1.165) is 116 Å². The van der Waals surface area contributed by atoms with E-state index in [4.69, 9.17) is 14.2 Å². The molecular formula is C56H86O6. The van der Waals surface area contributed by atoms with Gasteiger partial charge in [0.2, 0.25) is 0 Å². The molecule has 0 saturated carbocycles. The molecular weight excluding hydrogens is 769 g/mol. The molecule has 0 fully saturated rings. The van der Waals surface area contributed by atoms with Gasteiger partial charge in [0.05, 0.1) is 0 Å². The second-order valence-corrected chi connectivity index (χ2v) is 15.4. The molecule has 346 valence electrons. The first-order chi connectivity index (χ1) is 30.5. The van der Waals surface area contributed by atoms with Crippen LogP contribution in [-0.2, 0) is 28.6 Å². The first-order valence-corrected chi connectivity index (χ1v) is 24.3. The molecule has 0 bridgehead atoms. The van der Waals surface area contributed by atoms with Gasteiger partial charge in [-0.05, 0) is 83.5 Å². The third kappa shape index (κ3) is 46.6. The molecule has 0 aliphatic rings. The molecule has 0 saturated heterocycles. The molecule has 0 radical (unpaired) electrons. The lowest BCUT2D eigenvalue weighted by Crippen LogP contribution is -2.30. The van der Waals surface area contributed by atoms with Crippen LogP contribution in [0.15, 0.2) is 134 Å². The third-order valence-corrected chi connectivity index (χ3v) is 9.60. The van der Waals surface area contributed by atoms with Crippen molar-refractivity contribution in [2.45, 2.75) is 187 Å². The van der Waals surface area contributed by atoms with Gasteiger partial charge in [-0.3, -0.25) is 14.4 Å². The fourth-order valence-electron chi connectivity index (χ4n) is 6.04. The average molecular weight is 855 g/mol. The highest BCUT2D eigenvalue weighted by molar-refractivity contribution is 5.71. The van der Waals surface area contributed by atoms with Gasteiger partial charge in [0.25, 0.3) is 0 Å². The van der Waals surface area contributed by atoms with Crippen LogP contribution in [0.25, 0.3) is 0 Å². The van der Waals surface area contributed by atoms with Crippen LogP contribution in [0.4, 0.5) is 0 Å². The van der Waals surface area contributed by atoms with Gasteiger partial charge < -0.3 is 14.2 Å². The smallest absolute Gasteiger partial charge is 0.306 e. The van der Waals surface area contributed by atoms with Gasteiger partial charge in [-0.1, -0.05) is 212 Å². The molecule has 62 heavy (non-hydrogen) atoms. The molecule has 0 aliphatic heterocycles. The number of hydrogen-bond donors (Lipinski definition) is 0. The maximum Gasteiger partial charge on any atom is 0.306 e. The van der Waals surface area contributed by atoms with E-state index < -0.39 is 6.10 Å². The highest BCUT2D eigenvalue weighted by Gasteiger charge is 2.19. The van der Waals surface area contributed by atoms with E-state index in [1.165, 1.54) is 25.7 Å². The standard InChI is InChI=1S/C56H86O6/c1-4-7-10-13-16-19-22-25-28-31-34-37-40-43-46-49-55(58)61-52-53(51-60-54(57)48-45-42-39-36-33-30-27-24-21-18-15-12-9-6-3)62-56(59)50-47-44-41-38-35-32-29-26-23-20-17-14-11-8-5-2/h7-14,16-23,25-26,28-29,31,34,53H,4-6,15,24,27,30,32-33,35-52H2,1-3H3/b10-7-,11-8-,12-9-,16-13-,17-14-,21-18-,22-19-,23-20-,28-25-,29-26-,34-31-. The Morgan fingerprint density at radius 1 is 0.339 bits per heavy atom. The number of ether oxygens (including phenoxy) is 3. The van der Waals surface area contributed by atoms with Crippen LogP contribution in [0, 0.1) is 0 Å². The zero-order valence-electron chi connectivity index (χ0n) is 39.3.